The minimum Gasteiger partial charge on any atom is -0.461 e. The lowest BCUT2D eigenvalue weighted by Crippen LogP contribution is -2.54. The topological polar surface area (TPSA) is 46.6 Å². The maximum atomic E-state index is 12.5. The summed E-state index contributed by atoms with van der Waals surface area (Å²) in [6, 6.07) is -0.548. The summed E-state index contributed by atoms with van der Waals surface area (Å²) in [5.41, 5.74) is -0.392. The minimum absolute atomic E-state index is 0.0320. The molecule has 0 N–H and O–H groups in total. The minimum atomic E-state index is -0.548. The molecule has 4 nitrogen and oxygen atoms in total. The number of unbranched alkanes of at least 4 members (excludes halogenated alkanes) is 2. The number of carbonyl (C=O) groups excluding carboxylic acids is 2. The van der Waals surface area contributed by atoms with Crippen molar-refractivity contribution in [1.29, 1.82) is 0 Å². The molecule has 0 aromatic rings. The Hall–Kier alpha value is -1.06. The summed E-state index contributed by atoms with van der Waals surface area (Å²) >= 11 is 0. The van der Waals surface area contributed by atoms with E-state index in [9.17, 15) is 9.59 Å². The Morgan fingerprint density at radius 3 is 2.10 bits per heavy atom. The first-order chi connectivity index (χ1) is 9.65. The van der Waals surface area contributed by atoms with E-state index in [4.69, 9.17) is 4.74 Å². The molecule has 4 heteroatoms. The van der Waals surface area contributed by atoms with Gasteiger partial charge >= 0.3 is 5.97 Å². The van der Waals surface area contributed by atoms with Gasteiger partial charge in [-0.1, -0.05) is 26.7 Å². The Morgan fingerprint density at radius 2 is 1.67 bits per heavy atom. The molecule has 0 spiro atoms. The van der Waals surface area contributed by atoms with E-state index in [2.05, 4.69) is 6.92 Å². The van der Waals surface area contributed by atoms with Crippen molar-refractivity contribution in [2.75, 3.05) is 0 Å². The number of rotatable bonds is 8. The lowest BCUT2D eigenvalue weighted by atomic mass is 10.0. The Morgan fingerprint density at radius 1 is 1.10 bits per heavy atom. The van der Waals surface area contributed by atoms with Crippen molar-refractivity contribution < 1.29 is 14.3 Å². The Kier molecular flexibility index (Phi) is 8.60. The molecule has 0 aliphatic carbocycles. The molecule has 2 unspecified atom stereocenters. The maximum absolute atomic E-state index is 12.5. The molecule has 0 aliphatic heterocycles. The zero-order valence-corrected chi connectivity index (χ0v) is 14.9. The van der Waals surface area contributed by atoms with Gasteiger partial charge in [0.15, 0.2) is 0 Å². The van der Waals surface area contributed by atoms with Gasteiger partial charge in [-0.3, -0.25) is 4.79 Å². The highest BCUT2D eigenvalue weighted by molar-refractivity contribution is 5.85. The molecule has 0 aliphatic rings. The van der Waals surface area contributed by atoms with Gasteiger partial charge < -0.3 is 9.64 Å². The van der Waals surface area contributed by atoms with Crippen molar-refractivity contribution in [1.82, 2.24) is 4.90 Å². The second kappa shape index (κ2) is 9.06. The summed E-state index contributed by atoms with van der Waals surface area (Å²) in [6.45, 7) is 13.6. The molecular weight excluding hydrogens is 266 g/mol. The van der Waals surface area contributed by atoms with Crippen LogP contribution in [0, 0.1) is 0 Å². The third-order valence-electron chi connectivity index (χ3n) is 3.61. The summed E-state index contributed by atoms with van der Waals surface area (Å²) in [7, 11) is 0. The fourth-order valence-electron chi connectivity index (χ4n) is 2.30. The number of hydrogen-bond donors (Lipinski definition) is 0. The van der Waals surface area contributed by atoms with Crippen molar-refractivity contribution in [3.8, 4) is 0 Å². The third kappa shape index (κ3) is 6.96. The lowest BCUT2D eigenvalue weighted by Gasteiger charge is -2.39. The van der Waals surface area contributed by atoms with Crippen LogP contribution < -0.4 is 0 Å². The zero-order chi connectivity index (χ0) is 16.6. The predicted molar refractivity (Wildman–Crippen MR) is 86.0 cm³/mol. The fraction of sp³-hybridized carbons (Fsp3) is 0.882. The van der Waals surface area contributed by atoms with Crippen LogP contribution in [-0.2, 0) is 14.3 Å². The van der Waals surface area contributed by atoms with Crippen LogP contribution in [0.4, 0.5) is 0 Å². The number of amides is 1. The quantitative estimate of drug-likeness (QED) is 0.504. The van der Waals surface area contributed by atoms with E-state index in [1.54, 1.807) is 11.8 Å². The number of hydrogen-bond acceptors (Lipinski definition) is 3. The molecule has 2 atom stereocenters. The van der Waals surface area contributed by atoms with Gasteiger partial charge in [0.1, 0.15) is 6.04 Å². The fourth-order valence-corrected chi connectivity index (χ4v) is 2.30. The molecular formula is C17H33NO3. The van der Waals surface area contributed by atoms with Crippen LogP contribution in [0.1, 0.15) is 80.6 Å². The Bertz CT molecular complexity index is 333. The summed E-state index contributed by atoms with van der Waals surface area (Å²) in [5, 5.41) is 0. The maximum Gasteiger partial charge on any atom is 0.328 e. The largest absolute Gasteiger partial charge is 0.461 e. The predicted octanol–water partition coefficient (Wildman–Crippen LogP) is 3.92. The van der Waals surface area contributed by atoms with E-state index >= 15 is 0 Å². The number of nitrogens with zero attached hydrogens (tertiary/aromatic N) is 1. The molecule has 0 fully saturated rings. The molecule has 0 saturated heterocycles. The van der Waals surface area contributed by atoms with Crippen molar-refractivity contribution in [2.45, 2.75) is 98.3 Å². The van der Waals surface area contributed by atoms with Gasteiger partial charge in [-0.2, -0.15) is 0 Å². The first-order valence-corrected chi connectivity index (χ1v) is 8.17. The van der Waals surface area contributed by atoms with Crippen LogP contribution in [0.3, 0.4) is 0 Å². The molecule has 0 bridgehead atoms. The van der Waals surface area contributed by atoms with Crippen molar-refractivity contribution in [3.05, 3.63) is 0 Å². The first kappa shape index (κ1) is 19.9. The molecule has 0 aromatic heterocycles. The average molecular weight is 299 g/mol. The standard InChI is InChI=1S/C17H33NO3/c1-8-10-11-12-15(19)18(17(5,6)7)14(4)16(20)21-13(3)9-2/h13-14H,8-12H2,1-7H3. The molecule has 0 radical (unpaired) electrons. The van der Waals surface area contributed by atoms with Crippen LogP contribution in [0.25, 0.3) is 0 Å². The Balaban J connectivity index is 4.90. The van der Waals surface area contributed by atoms with Gasteiger partial charge in [0.2, 0.25) is 5.91 Å². The molecule has 0 heterocycles. The molecule has 1 amide bonds. The van der Waals surface area contributed by atoms with Crippen LogP contribution in [0.15, 0.2) is 0 Å². The van der Waals surface area contributed by atoms with Gasteiger partial charge in [-0.05, 0) is 47.5 Å². The average Bonchev–Trinajstić information content (AvgIpc) is 2.37. The Labute approximate surface area is 130 Å². The molecule has 124 valence electrons. The highest BCUT2D eigenvalue weighted by atomic mass is 16.5. The van der Waals surface area contributed by atoms with Crippen LogP contribution in [0.5, 0.6) is 0 Å². The van der Waals surface area contributed by atoms with E-state index in [0.29, 0.717) is 6.42 Å². The molecule has 21 heavy (non-hydrogen) atoms. The third-order valence-corrected chi connectivity index (χ3v) is 3.61. The second-order valence-electron chi connectivity index (χ2n) is 6.72. The van der Waals surface area contributed by atoms with Crippen molar-refractivity contribution >= 4 is 11.9 Å². The number of esters is 1. The molecule has 0 saturated carbocycles. The van der Waals surface area contributed by atoms with Crippen molar-refractivity contribution in [2.24, 2.45) is 0 Å². The lowest BCUT2D eigenvalue weighted by molar-refractivity contribution is -0.162. The van der Waals surface area contributed by atoms with E-state index in [1.165, 1.54) is 0 Å². The van der Waals surface area contributed by atoms with Crippen LogP contribution in [-0.4, -0.2) is 34.5 Å². The van der Waals surface area contributed by atoms with Gasteiger partial charge in [0, 0.05) is 12.0 Å². The number of carbonyl (C=O) groups is 2. The normalized spacial score (nSPS) is 14.4. The summed E-state index contributed by atoms with van der Waals surface area (Å²) in [6.07, 6.45) is 4.14. The smallest absolute Gasteiger partial charge is 0.328 e. The zero-order valence-electron chi connectivity index (χ0n) is 14.9. The van der Waals surface area contributed by atoms with E-state index in [0.717, 1.165) is 25.7 Å². The van der Waals surface area contributed by atoms with Gasteiger partial charge in [-0.15, -0.1) is 0 Å². The van der Waals surface area contributed by atoms with Crippen molar-refractivity contribution in [3.63, 3.8) is 0 Å². The monoisotopic (exact) mass is 299 g/mol. The van der Waals surface area contributed by atoms with E-state index < -0.39 is 11.6 Å². The van der Waals surface area contributed by atoms with Gasteiger partial charge in [0.25, 0.3) is 0 Å². The summed E-state index contributed by atoms with van der Waals surface area (Å²) < 4.78 is 5.38. The summed E-state index contributed by atoms with van der Waals surface area (Å²) in [4.78, 5) is 26.4. The number of ether oxygens (including phenoxy) is 1. The van der Waals surface area contributed by atoms with Gasteiger partial charge in [0.05, 0.1) is 6.10 Å². The van der Waals surface area contributed by atoms with E-state index in [-0.39, 0.29) is 18.0 Å². The highest BCUT2D eigenvalue weighted by Gasteiger charge is 2.35. The summed E-state index contributed by atoms with van der Waals surface area (Å²) in [5.74, 6) is -0.285. The second-order valence-corrected chi connectivity index (χ2v) is 6.72. The first-order valence-electron chi connectivity index (χ1n) is 8.17. The SMILES string of the molecule is CCCCCC(=O)N(C(C)C(=O)OC(C)CC)C(C)(C)C. The van der Waals surface area contributed by atoms with Crippen LogP contribution in [0.2, 0.25) is 0 Å². The highest BCUT2D eigenvalue weighted by Crippen LogP contribution is 2.21. The molecule has 0 rings (SSSR count). The molecule has 0 aromatic carbocycles. The van der Waals surface area contributed by atoms with Crippen LogP contribution >= 0.6 is 0 Å². The van der Waals surface area contributed by atoms with Gasteiger partial charge in [-0.25, -0.2) is 4.79 Å². The van der Waals surface area contributed by atoms with E-state index in [1.807, 2.05) is 34.6 Å².